The van der Waals surface area contributed by atoms with Crippen molar-refractivity contribution in [2.75, 3.05) is 39.7 Å². The third-order valence-electron chi connectivity index (χ3n) is 6.83. The number of hydrogen-bond donors (Lipinski definition) is 2. The minimum atomic E-state index is -0.742. The van der Waals surface area contributed by atoms with Crippen LogP contribution in [0.3, 0.4) is 0 Å². The number of imidazole rings is 1. The van der Waals surface area contributed by atoms with E-state index in [2.05, 4.69) is 15.2 Å². The second-order valence-corrected chi connectivity index (χ2v) is 11.0. The van der Waals surface area contributed by atoms with Gasteiger partial charge in [0.2, 0.25) is 0 Å². The molecule has 0 aliphatic carbocycles. The van der Waals surface area contributed by atoms with Crippen LogP contribution in [-0.2, 0) is 20.8 Å². The second-order valence-electron chi connectivity index (χ2n) is 11.0. The third kappa shape index (κ3) is 6.47. The zero-order chi connectivity index (χ0) is 29.0. The summed E-state index contributed by atoms with van der Waals surface area (Å²) < 4.78 is 18.3. The summed E-state index contributed by atoms with van der Waals surface area (Å²) in [4.78, 5) is 36.5. The smallest absolute Gasteiger partial charge is 0.411 e. The predicted octanol–water partition coefficient (Wildman–Crippen LogP) is 3.99. The minimum absolute atomic E-state index is 0.223. The van der Waals surface area contributed by atoms with Crippen molar-refractivity contribution in [3.63, 3.8) is 0 Å². The zero-order valence-corrected chi connectivity index (χ0v) is 24.4. The number of methoxy groups -OCH3 is 2. The highest BCUT2D eigenvalue weighted by Crippen LogP contribution is 2.34. The summed E-state index contributed by atoms with van der Waals surface area (Å²) in [5, 5.41) is 6.62. The van der Waals surface area contributed by atoms with Crippen molar-refractivity contribution >= 4 is 28.9 Å². The molecule has 0 radical (unpaired) electrons. The van der Waals surface area contributed by atoms with E-state index in [1.54, 1.807) is 27.9 Å². The maximum Gasteiger partial charge on any atom is 0.411 e. The van der Waals surface area contributed by atoms with Crippen molar-refractivity contribution in [1.29, 1.82) is 0 Å². The number of rotatable bonds is 9. The van der Waals surface area contributed by atoms with Crippen LogP contribution in [0, 0.1) is 6.92 Å². The van der Waals surface area contributed by atoms with Gasteiger partial charge in [-0.2, -0.15) is 0 Å². The van der Waals surface area contributed by atoms with Crippen LogP contribution < -0.4 is 15.4 Å². The Labute approximate surface area is 235 Å². The molecule has 216 valence electrons. The van der Waals surface area contributed by atoms with Crippen LogP contribution in [0.1, 0.15) is 39.4 Å². The van der Waals surface area contributed by atoms with Crippen LogP contribution >= 0.6 is 0 Å². The van der Waals surface area contributed by atoms with Crippen LogP contribution in [0.4, 0.5) is 10.6 Å². The quantitative estimate of drug-likeness (QED) is 0.300. The van der Waals surface area contributed by atoms with Crippen LogP contribution in [0.2, 0.25) is 0 Å². The number of aryl methyl sites for hydroxylation is 2. The van der Waals surface area contributed by atoms with Crippen LogP contribution in [0.25, 0.3) is 22.3 Å². The topological polar surface area (TPSA) is 120 Å². The Balaban J connectivity index is 1.64. The fourth-order valence-corrected chi connectivity index (χ4v) is 5.06. The number of amides is 1. The van der Waals surface area contributed by atoms with Crippen molar-refractivity contribution in [2.45, 2.75) is 64.8 Å². The number of benzene rings is 1. The number of anilines is 1. The number of nitrogens with zero attached hydrogens (tertiary/aromatic N) is 4. The van der Waals surface area contributed by atoms with Gasteiger partial charge in [-0.25, -0.2) is 19.6 Å². The molecular formula is C29H40N6O5. The average Bonchev–Trinajstić information content (AvgIpc) is 3.47. The lowest BCUT2D eigenvalue weighted by molar-refractivity contribution is -0.145. The van der Waals surface area contributed by atoms with Gasteiger partial charge in [0.05, 0.1) is 30.9 Å². The lowest BCUT2D eigenvalue weighted by Crippen LogP contribution is -2.44. The number of esters is 1. The number of carbonyl (C=O) groups excluding carboxylic acids is 2. The summed E-state index contributed by atoms with van der Waals surface area (Å²) >= 11 is 0. The molecule has 3 heterocycles. The molecule has 1 amide bonds. The molecule has 3 aromatic rings. The van der Waals surface area contributed by atoms with E-state index < -0.39 is 23.7 Å². The first-order valence-electron chi connectivity index (χ1n) is 13.6. The molecule has 1 aliphatic heterocycles. The Hall–Kier alpha value is -3.86. The Bertz CT molecular complexity index is 1360. The summed E-state index contributed by atoms with van der Waals surface area (Å²) in [5.41, 5.74) is 2.84. The first-order chi connectivity index (χ1) is 19.0. The van der Waals surface area contributed by atoms with Gasteiger partial charge in [0.15, 0.2) is 0 Å². The average molecular weight is 553 g/mol. The van der Waals surface area contributed by atoms with Gasteiger partial charge in [-0.15, -0.1) is 0 Å². The fraction of sp³-hybridized carbons (Fsp3) is 0.517. The van der Waals surface area contributed by atoms with Gasteiger partial charge in [0.1, 0.15) is 29.0 Å². The van der Waals surface area contributed by atoms with E-state index in [9.17, 15) is 9.59 Å². The molecule has 40 heavy (non-hydrogen) atoms. The van der Waals surface area contributed by atoms with E-state index in [0.717, 1.165) is 47.6 Å². The largest absolute Gasteiger partial charge is 0.497 e. The van der Waals surface area contributed by atoms with Crippen LogP contribution in [0.5, 0.6) is 5.75 Å². The maximum atomic E-state index is 12.9. The first-order valence-corrected chi connectivity index (χ1v) is 13.6. The van der Waals surface area contributed by atoms with Gasteiger partial charge in [-0.05, 0) is 65.9 Å². The van der Waals surface area contributed by atoms with Gasteiger partial charge < -0.3 is 29.4 Å². The minimum Gasteiger partial charge on any atom is -0.497 e. The maximum absolute atomic E-state index is 12.9. The number of ether oxygens (including phenoxy) is 3. The Morgan fingerprint density at radius 3 is 2.60 bits per heavy atom. The van der Waals surface area contributed by atoms with Crippen LogP contribution in [-0.4, -0.2) is 83.5 Å². The summed E-state index contributed by atoms with van der Waals surface area (Å²) in [7, 11) is 4.91. The van der Waals surface area contributed by atoms with Crippen molar-refractivity contribution in [2.24, 2.45) is 0 Å². The predicted molar refractivity (Wildman–Crippen MR) is 154 cm³/mol. The molecule has 0 saturated carbocycles. The third-order valence-corrected chi connectivity index (χ3v) is 6.83. The number of aromatic nitrogens is 3. The highest BCUT2D eigenvalue weighted by molar-refractivity contribution is 5.93. The van der Waals surface area contributed by atoms with Gasteiger partial charge in [0.25, 0.3) is 0 Å². The van der Waals surface area contributed by atoms with E-state index in [1.165, 1.54) is 12.0 Å². The molecule has 2 N–H and O–H groups in total. The molecule has 11 nitrogen and oxygen atoms in total. The molecule has 0 unspecified atom stereocenters. The van der Waals surface area contributed by atoms with Gasteiger partial charge in [-0.3, -0.25) is 4.90 Å². The van der Waals surface area contributed by atoms with Crippen LogP contribution in [0.15, 0.2) is 30.3 Å². The van der Waals surface area contributed by atoms with Crippen molar-refractivity contribution in [3.05, 3.63) is 36.2 Å². The zero-order valence-electron chi connectivity index (χ0n) is 24.4. The number of likely N-dealkylation sites (tertiary alicyclic amines) is 1. The standard InChI is InChI=1S/C29H40N6O5/c1-18-31-23-16-20(38-6)15-21(26(23)34(18)13-9-12-30-5)22-10-8-11-25(33-22)32-19-14-24(27(36)39-7)35(17-19)28(37)40-29(2,3)4/h8,10-11,15-16,19,24,30H,9,12-14,17H2,1-7H3,(H,32,33)/t19-,24-/m0/s1. The molecule has 11 heteroatoms. The molecular weight excluding hydrogens is 512 g/mol. The summed E-state index contributed by atoms with van der Waals surface area (Å²) in [5.74, 6) is 1.79. The Kier molecular flexibility index (Phi) is 8.82. The van der Waals surface area contributed by atoms with Crippen molar-refractivity contribution < 1.29 is 23.8 Å². The monoisotopic (exact) mass is 552 g/mol. The molecule has 1 saturated heterocycles. The number of pyridine rings is 1. The molecule has 0 bridgehead atoms. The first kappa shape index (κ1) is 29.1. The lowest BCUT2D eigenvalue weighted by Gasteiger charge is -2.27. The summed E-state index contributed by atoms with van der Waals surface area (Å²) in [6.45, 7) is 9.39. The highest BCUT2D eigenvalue weighted by Gasteiger charge is 2.42. The Morgan fingerprint density at radius 1 is 1.15 bits per heavy atom. The summed E-state index contributed by atoms with van der Waals surface area (Å²) in [6, 6.07) is 8.73. The van der Waals surface area contributed by atoms with E-state index in [0.29, 0.717) is 18.0 Å². The number of fused-ring (bicyclic) bond motifs is 1. The van der Waals surface area contributed by atoms with Gasteiger partial charge >= 0.3 is 12.1 Å². The second kappa shape index (κ2) is 12.1. The van der Waals surface area contributed by atoms with Crippen molar-refractivity contribution in [1.82, 2.24) is 24.8 Å². The number of carbonyl (C=O) groups is 2. The summed E-state index contributed by atoms with van der Waals surface area (Å²) in [6.07, 6.45) is 0.786. The van der Waals surface area contributed by atoms with E-state index in [1.807, 2.05) is 44.3 Å². The molecule has 0 spiro atoms. The highest BCUT2D eigenvalue weighted by atomic mass is 16.6. The molecule has 1 aliphatic rings. The fourth-order valence-electron chi connectivity index (χ4n) is 5.06. The molecule has 2 aromatic heterocycles. The molecule has 2 atom stereocenters. The number of hydrogen-bond acceptors (Lipinski definition) is 9. The lowest BCUT2D eigenvalue weighted by atomic mass is 10.1. The van der Waals surface area contributed by atoms with E-state index >= 15 is 0 Å². The SMILES string of the molecule is CNCCCn1c(C)nc2cc(OC)cc(-c3cccc(N[C@H]4C[C@@H](C(=O)OC)N(C(=O)OC(C)(C)C)C4)n3)c21. The van der Waals surface area contributed by atoms with E-state index in [4.69, 9.17) is 24.2 Å². The molecule has 1 fully saturated rings. The normalized spacial score (nSPS) is 17.2. The van der Waals surface area contributed by atoms with Gasteiger partial charge in [-0.1, -0.05) is 6.07 Å². The number of nitrogens with one attached hydrogen (secondary N) is 2. The van der Waals surface area contributed by atoms with Gasteiger partial charge in [0, 0.05) is 37.2 Å². The molecule has 1 aromatic carbocycles. The van der Waals surface area contributed by atoms with Crippen molar-refractivity contribution in [3.8, 4) is 17.0 Å². The Morgan fingerprint density at radius 2 is 1.93 bits per heavy atom. The molecule has 4 rings (SSSR count). The van der Waals surface area contributed by atoms with E-state index in [-0.39, 0.29) is 12.6 Å².